The Labute approximate surface area is 122 Å². The first kappa shape index (κ1) is 14.6. The molecule has 0 spiro atoms. The minimum atomic E-state index is 0.170. The highest BCUT2D eigenvalue weighted by molar-refractivity contribution is 5.54. The van der Waals surface area contributed by atoms with Crippen molar-refractivity contribution < 1.29 is 19.1 Å². The molecule has 1 radical (unpaired) electrons. The Balaban J connectivity index is 2.30. The third-order valence-corrected chi connectivity index (χ3v) is 2.90. The third-order valence-electron chi connectivity index (χ3n) is 2.90. The maximum atomic E-state index is 11.5. The van der Waals surface area contributed by atoms with Gasteiger partial charge < -0.3 is 14.2 Å². The lowest BCUT2D eigenvalue weighted by atomic mass is 10.1. The average Bonchev–Trinajstić information content (AvgIpc) is 2.52. The van der Waals surface area contributed by atoms with Crippen LogP contribution in [-0.4, -0.2) is 19.1 Å². The van der Waals surface area contributed by atoms with Crippen molar-refractivity contribution in [1.29, 1.82) is 0 Å². The number of nitrogens with zero attached hydrogens (tertiary/aromatic N) is 1. The monoisotopic (exact) mass is 288 g/mol. The first-order valence-electron chi connectivity index (χ1n) is 6.21. The van der Waals surface area contributed by atoms with Gasteiger partial charge in [0.05, 0.1) is 30.8 Å². The highest BCUT2D eigenvalue weighted by Crippen LogP contribution is 2.34. The molecular weight excluding hydrogens is 272 g/mol. The van der Waals surface area contributed by atoms with Crippen LogP contribution in [0.25, 0.3) is 0 Å². The van der Waals surface area contributed by atoms with E-state index in [4.69, 9.17) is 20.1 Å². The fraction of sp³-hybridized carbons (Fsp3) is 0.200. The molecule has 2 aromatic rings. The molecule has 21 heavy (non-hydrogen) atoms. The third kappa shape index (κ3) is 3.42. The summed E-state index contributed by atoms with van der Waals surface area (Å²) in [5, 5.41) is 0. The molecule has 2 rings (SSSR count). The van der Waals surface area contributed by atoms with Crippen LogP contribution in [0.1, 0.15) is 5.56 Å². The number of hydrogen-bond donors (Lipinski definition) is 1. The predicted octanol–water partition coefficient (Wildman–Crippen LogP) is 2.37. The number of ether oxygens (including phenoxy) is 3. The standard InChI is InChI=1S/C15H16N2O4/c1-19-14-8-11(10-21-12-6-4-3-5-7-12)13(17(16)18)9-15(14)20-2/h3-4,6-9H,10H2,1-2H3,(H2,16,18)/q+1. The SMILES string of the molecule is COc1cc(COc2c[c]ccc2)c([N+](N)=O)cc1OC. The van der Waals surface area contributed by atoms with Crippen molar-refractivity contribution in [3.8, 4) is 17.2 Å². The molecule has 0 saturated carbocycles. The van der Waals surface area contributed by atoms with Gasteiger partial charge in [-0.2, -0.15) is 5.84 Å². The fourth-order valence-corrected chi connectivity index (χ4v) is 1.86. The minimum absolute atomic E-state index is 0.170. The van der Waals surface area contributed by atoms with E-state index in [0.717, 1.165) is 0 Å². The summed E-state index contributed by atoms with van der Waals surface area (Å²) in [7, 11) is 3.01. The number of nitroso groups, excluding NO2 is 1. The number of hydrazine groups is 1. The average molecular weight is 288 g/mol. The molecular formula is C15H16N2O4+. The van der Waals surface area contributed by atoms with Crippen LogP contribution in [0.2, 0.25) is 0 Å². The first-order valence-corrected chi connectivity index (χ1v) is 6.21. The van der Waals surface area contributed by atoms with E-state index in [-0.39, 0.29) is 17.2 Å². The van der Waals surface area contributed by atoms with Gasteiger partial charge in [0.25, 0.3) is 0 Å². The smallest absolute Gasteiger partial charge is 0.302 e. The van der Waals surface area contributed by atoms with Crippen molar-refractivity contribution in [1.82, 2.24) is 0 Å². The van der Waals surface area contributed by atoms with Gasteiger partial charge in [-0.25, -0.2) is 0 Å². The van der Waals surface area contributed by atoms with Crippen molar-refractivity contribution in [2.75, 3.05) is 14.2 Å². The molecule has 0 amide bonds. The van der Waals surface area contributed by atoms with Crippen LogP contribution >= 0.6 is 0 Å². The molecule has 109 valence electrons. The molecule has 0 aliphatic heterocycles. The lowest BCUT2D eigenvalue weighted by Crippen LogP contribution is -2.12. The lowest BCUT2D eigenvalue weighted by Gasteiger charge is -2.10. The topological polar surface area (TPSA) is 73.8 Å². The van der Waals surface area contributed by atoms with E-state index in [1.165, 1.54) is 20.3 Å². The van der Waals surface area contributed by atoms with E-state index in [1.54, 1.807) is 24.3 Å². The van der Waals surface area contributed by atoms with Crippen LogP contribution in [0.15, 0.2) is 36.4 Å². The molecule has 0 unspecified atom stereocenters. The zero-order chi connectivity index (χ0) is 15.2. The summed E-state index contributed by atoms with van der Waals surface area (Å²) in [6, 6.07) is 13.2. The number of nitrogens with two attached hydrogens (primary N) is 1. The molecule has 0 fully saturated rings. The lowest BCUT2D eigenvalue weighted by molar-refractivity contribution is -0.475. The van der Waals surface area contributed by atoms with Gasteiger partial charge in [0, 0.05) is 0 Å². The van der Waals surface area contributed by atoms with Crippen LogP contribution in [0.3, 0.4) is 0 Å². The van der Waals surface area contributed by atoms with Gasteiger partial charge in [0.15, 0.2) is 16.4 Å². The molecule has 0 saturated heterocycles. The molecule has 0 aliphatic carbocycles. The van der Waals surface area contributed by atoms with E-state index >= 15 is 0 Å². The number of hydrogen-bond acceptors (Lipinski definition) is 4. The largest absolute Gasteiger partial charge is 0.493 e. The summed E-state index contributed by atoms with van der Waals surface area (Å²) in [5.41, 5.74) is 0.849. The van der Waals surface area contributed by atoms with Gasteiger partial charge in [-0.05, 0) is 24.3 Å². The zero-order valence-corrected chi connectivity index (χ0v) is 11.8. The van der Waals surface area contributed by atoms with Crippen molar-refractivity contribution in [3.63, 3.8) is 0 Å². The van der Waals surface area contributed by atoms with Crippen molar-refractivity contribution in [2.24, 2.45) is 5.84 Å². The molecule has 6 heteroatoms. The highest BCUT2D eigenvalue weighted by Gasteiger charge is 2.21. The Bertz CT molecular complexity index is 629. The molecule has 0 heterocycles. The van der Waals surface area contributed by atoms with Gasteiger partial charge in [-0.1, -0.05) is 12.1 Å². The quantitative estimate of drug-likeness (QED) is 0.502. The van der Waals surface area contributed by atoms with E-state index in [0.29, 0.717) is 22.8 Å². The molecule has 6 nitrogen and oxygen atoms in total. The van der Waals surface area contributed by atoms with Crippen molar-refractivity contribution in [3.05, 3.63) is 52.9 Å². The molecule has 0 atom stereocenters. The maximum absolute atomic E-state index is 11.5. The van der Waals surface area contributed by atoms with Gasteiger partial charge in [0.2, 0.25) is 0 Å². The number of methoxy groups -OCH3 is 2. The Kier molecular flexibility index (Phi) is 4.61. The van der Waals surface area contributed by atoms with Gasteiger partial charge in [-0.15, -0.1) is 0 Å². The van der Waals surface area contributed by atoms with Crippen LogP contribution in [0, 0.1) is 11.0 Å². The molecule has 2 aromatic carbocycles. The summed E-state index contributed by atoms with van der Waals surface area (Å²) < 4.78 is 16.0. The summed E-state index contributed by atoms with van der Waals surface area (Å²) >= 11 is 0. The Morgan fingerprint density at radius 3 is 2.52 bits per heavy atom. The Morgan fingerprint density at radius 1 is 1.24 bits per heavy atom. The molecule has 0 aliphatic rings. The second-order valence-electron chi connectivity index (χ2n) is 4.19. The second-order valence-corrected chi connectivity index (χ2v) is 4.19. The van der Waals surface area contributed by atoms with E-state index in [2.05, 4.69) is 6.07 Å². The maximum Gasteiger partial charge on any atom is 0.302 e. The summed E-state index contributed by atoms with van der Waals surface area (Å²) in [4.78, 5) is 11.8. The fourth-order valence-electron chi connectivity index (χ4n) is 1.86. The number of rotatable bonds is 6. The predicted molar refractivity (Wildman–Crippen MR) is 76.6 cm³/mol. The summed E-state index contributed by atoms with van der Waals surface area (Å²) in [6.45, 7) is 0.170. The van der Waals surface area contributed by atoms with Gasteiger partial charge in [0.1, 0.15) is 12.4 Å². The van der Waals surface area contributed by atoms with Crippen LogP contribution in [0.4, 0.5) is 5.69 Å². The minimum Gasteiger partial charge on any atom is -0.493 e. The Hall–Kier alpha value is -2.76. The second kappa shape index (κ2) is 6.60. The molecule has 2 N–H and O–H groups in total. The van der Waals surface area contributed by atoms with Crippen molar-refractivity contribution >= 4 is 5.69 Å². The van der Waals surface area contributed by atoms with Gasteiger partial charge >= 0.3 is 5.69 Å². The van der Waals surface area contributed by atoms with Gasteiger partial charge in [-0.3, -0.25) is 0 Å². The van der Waals surface area contributed by atoms with E-state index < -0.39 is 0 Å². The zero-order valence-electron chi connectivity index (χ0n) is 11.8. The molecule has 0 aromatic heterocycles. The number of benzene rings is 2. The highest BCUT2D eigenvalue weighted by atomic mass is 16.5. The molecule has 0 bridgehead atoms. The summed E-state index contributed by atoms with van der Waals surface area (Å²) in [5.74, 6) is 6.89. The van der Waals surface area contributed by atoms with E-state index in [9.17, 15) is 4.91 Å². The first-order chi connectivity index (χ1) is 10.2. The Morgan fingerprint density at radius 2 is 1.95 bits per heavy atom. The normalized spacial score (nSPS) is 10.0. The van der Waals surface area contributed by atoms with E-state index in [1.807, 2.05) is 6.07 Å². The van der Waals surface area contributed by atoms with Crippen LogP contribution < -0.4 is 20.1 Å². The summed E-state index contributed by atoms with van der Waals surface area (Å²) in [6.07, 6.45) is 0. The van der Waals surface area contributed by atoms with Crippen LogP contribution in [-0.2, 0) is 6.61 Å². The van der Waals surface area contributed by atoms with Crippen LogP contribution in [0.5, 0.6) is 17.2 Å². The van der Waals surface area contributed by atoms with Crippen molar-refractivity contribution in [2.45, 2.75) is 6.61 Å².